The van der Waals surface area contributed by atoms with Crippen LogP contribution < -0.4 is 0 Å². The Labute approximate surface area is 108 Å². The molecule has 18 heavy (non-hydrogen) atoms. The van der Waals surface area contributed by atoms with Crippen LogP contribution in [0.5, 0.6) is 0 Å². The molecular formula is C13H17NO3S. The van der Waals surface area contributed by atoms with Crippen LogP contribution in [-0.2, 0) is 20.7 Å². The lowest BCUT2D eigenvalue weighted by Crippen LogP contribution is -2.06. The highest BCUT2D eigenvalue weighted by Gasteiger charge is 2.08. The van der Waals surface area contributed by atoms with Crippen molar-refractivity contribution in [2.45, 2.75) is 26.2 Å². The predicted octanol–water partition coefficient (Wildman–Crippen LogP) is 2.20. The maximum atomic E-state index is 10.8. The molecule has 98 valence electrons. The third-order valence-electron chi connectivity index (χ3n) is 2.55. The number of hydrogen-bond donors (Lipinski definition) is 0. The Morgan fingerprint density at radius 1 is 1.39 bits per heavy atom. The van der Waals surface area contributed by atoms with Gasteiger partial charge in [-0.3, -0.25) is 4.18 Å². The van der Waals surface area contributed by atoms with E-state index >= 15 is 0 Å². The second-order valence-corrected chi connectivity index (χ2v) is 6.11. The molecule has 0 aliphatic carbocycles. The molecule has 1 aromatic rings. The molecule has 0 heterocycles. The van der Waals surface area contributed by atoms with Gasteiger partial charge in [0.15, 0.2) is 0 Å². The first-order chi connectivity index (χ1) is 8.33. The highest BCUT2D eigenvalue weighted by Crippen LogP contribution is 2.20. The average molecular weight is 267 g/mol. The molecule has 5 heteroatoms. The first kappa shape index (κ1) is 14.7. The summed E-state index contributed by atoms with van der Waals surface area (Å²) in [4.78, 5) is 0. The second kappa shape index (κ2) is 5.98. The molecule has 0 bridgehead atoms. The molecule has 0 amide bonds. The maximum absolute atomic E-state index is 10.8. The van der Waals surface area contributed by atoms with Crippen LogP contribution in [0.3, 0.4) is 0 Å². The molecule has 0 atom stereocenters. The quantitative estimate of drug-likeness (QED) is 0.767. The summed E-state index contributed by atoms with van der Waals surface area (Å²) in [5.41, 5.74) is 2.62. The lowest BCUT2D eigenvalue weighted by atomic mass is 9.95. The summed E-state index contributed by atoms with van der Waals surface area (Å²) in [6.07, 6.45) is 1.55. The van der Waals surface area contributed by atoms with Crippen molar-refractivity contribution in [3.63, 3.8) is 0 Å². The first-order valence-electron chi connectivity index (χ1n) is 5.71. The topological polar surface area (TPSA) is 67.2 Å². The number of nitrogens with zero attached hydrogens (tertiary/aromatic N) is 1. The van der Waals surface area contributed by atoms with Crippen LogP contribution in [-0.4, -0.2) is 21.3 Å². The van der Waals surface area contributed by atoms with Crippen molar-refractivity contribution >= 4 is 10.1 Å². The Balaban J connectivity index is 2.80. The van der Waals surface area contributed by atoms with E-state index in [0.717, 1.165) is 17.4 Å². The Hall–Kier alpha value is -1.38. The van der Waals surface area contributed by atoms with Crippen LogP contribution in [0.4, 0.5) is 0 Å². The fourth-order valence-electron chi connectivity index (χ4n) is 1.66. The van der Waals surface area contributed by atoms with E-state index in [1.807, 2.05) is 26.0 Å². The molecule has 0 saturated heterocycles. The van der Waals surface area contributed by atoms with Crippen molar-refractivity contribution in [1.29, 1.82) is 5.26 Å². The van der Waals surface area contributed by atoms with E-state index in [0.29, 0.717) is 12.0 Å². The zero-order valence-electron chi connectivity index (χ0n) is 10.8. The number of nitriles is 1. The summed E-state index contributed by atoms with van der Waals surface area (Å²) in [6, 6.07) is 7.70. The fraction of sp³-hybridized carbons (Fsp3) is 0.462. The van der Waals surface area contributed by atoms with Crippen molar-refractivity contribution < 1.29 is 12.6 Å². The molecule has 4 nitrogen and oxygen atoms in total. The molecule has 0 radical (unpaired) electrons. The van der Waals surface area contributed by atoms with Gasteiger partial charge in [0.05, 0.1) is 24.5 Å². The van der Waals surface area contributed by atoms with Gasteiger partial charge in [-0.25, -0.2) is 0 Å². The van der Waals surface area contributed by atoms with E-state index in [9.17, 15) is 8.42 Å². The molecule has 1 rings (SSSR count). The van der Waals surface area contributed by atoms with Crippen LogP contribution >= 0.6 is 0 Å². The zero-order chi connectivity index (χ0) is 13.8. The SMILES string of the molecule is CC(C)c1cc(CCOS(C)(=O)=O)ccc1C#N. The van der Waals surface area contributed by atoms with Gasteiger partial charge in [0.25, 0.3) is 10.1 Å². The fourth-order valence-corrected chi connectivity index (χ4v) is 2.04. The van der Waals surface area contributed by atoms with Gasteiger partial charge in [-0.15, -0.1) is 0 Å². The van der Waals surface area contributed by atoms with Crippen molar-refractivity contribution in [2.24, 2.45) is 0 Å². The molecular weight excluding hydrogens is 250 g/mol. The molecule has 0 aliphatic rings. The van der Waals surface area contributed by atoms with Crippen LogP contribution in [0, 0.1) is 11.3 Å². The van der Waals surface area contributed by atoms with E-state index in [1.54, 1.807) is 6.07 Å². The lowest BCUT2D eigenvalue weighted by molar-refractivity contribution is 0.326. The molecule has 1 aromatic carbocycles. The van der Waals surface area contributed by atoms with E-state index in [2.05, 4.69) is 6.07 Å². The summed E-state index contributed by atoms with van der Waals surface area (Å²) >= 11 is 0. The van der Waals surface area contributed by atoms with E-state index in [1.165, 1.54) is 0 Å². The highest BCUT2D eigenvalue weighted by molar-refractivity contribution is 7.85. The van der Waals surface area contributed by atoms with Gasteiger partial charge < -0.3 is 0 Å². The Kier molecular flexibility index (Phi) is 4.88. The Bertz CT molecular complexity index is 556. The molecule has 0 aromatic heterocycles. The van der Waals surface area contributed by atoms with Crippen LogP contribution in [0.15, 0.2) is 18.2 Å². The summed E-state index contributed by atoms with van der Waals surface area (Å²) < 4.78 is 26.4. The average Bonchev–Trinajstić information content (AvgIpc) is 2.27. The van der Waals surface area contributed by atoms with Crippen molar-refractivity contribution in [1.82, 2.24) is 0 Å². The lowest BCUT2D eigenvalue weighted by Gasteiger charge is -2.10. The van der Waals surface area contributed by atoms with Gasteiger partial charge in [0.1, 0.15) is 0 Å². The van der Waals surface area contributed by atoms with E-state index in [4.69, 9.17) is 9.44 Å². The molecule has 0 saturated carbocycles. The second-order valence-electron chi connectivity index (χ2n) is 4.46. The molecule has 0 spiro atoms. The van der Waals surface area contributed by atoms with Crippen molar-refractivity contribution in [2.75, 3.05) is 12.9 Å². The summed E-state index contributed by atoms with van der Waals surface area (Å²) in [5.74, 6) is 0.260. The van der Waals surface area contributed by atoms with Gasteiger partial charge in [0.2, 0.25) is 0 Å². The molecule has 0 aliphatic heterocycles. The minimum absolute atomic E-state index is 0.127. The Morgan fingerprint density at radius 2 is 2.06 bits per heavy atom. The summed E-state index contributed by atoms with van der Waals surface area (Å²) in [6.45, 7) is 4.17. The maximum Gasteiger partial charge on any atom is 0.264 e. The third kappa shape index (κ3) is 4.47. The number of rotatable bonds is 5. The normalized spacial score (nSPS) is 11.5. The minimum atomic E-state index is -3.39. The van der Waals surface area contributed by atoms with Crippen LogP contribution in [0.2, 0.25) is 0 Å². The third-order valence-corrected chi connectivity index (χ3v) is 3.14. The highest BCUT2D eigenvalue weighted by atomic mass is 32.2. The first-order valence-corrected chi connectivity index (χ1v) is 7.52. The van der Waals surface area contributed by atoms with Gasteiger partial charge >= 0.3 is 0 Å². The molecule has 0 N–H and O–H groups in total. The summed E-state index contributed by atoms with van der Waals surface area (Å²) in [5, 5.41) is 8.99. The van der Waals surface area contributed by atoms with Gasteiger partial charge in [0, 0.05) is 0 Å². The van der Waals surface area contributed by atoms with Crippen LogP contribution in [0.1, 0.15) is 36.5 Å². The number of benzene rings is 1. The summed E-state index contributed by atoms with van der Waals surface area (Å²) in [7, 11) is -3.39. The smallest absolute Gasteiger partial charge is 0.264 e. The van der Waals surface area contributed by atoms with E-state index < -0.39 is 10.1 Å². The standard InChI is InChI=1S/C13H17NO3S/c1-10(2)13-8-11(4-5-12(13)9-14)6-7-17-18(3,15)16/h4-5,8,10H,6-7H2,1-3H3. The molecule has 0 fully saturated rings. The number of hydrogen-bond acceptors (Lipinski definition) is 4. The van der Waals surface area contributed by atoms with Crippen molar-refractivity contribution in [3.05, 3.63) is 34.9 Å². The Morgan fingerprint density at radius 3 is 2.56 bits per heavy atom. The predicted molar refractivity (Wildman–Crippen MR) is 69.7 cm³/mol. The van der Waals surface area contributed by atoms with E-state index in [-0.39, 0.29) is 12.5 Å². The van der Waals surface area contributed by atoms with Crippen molar-refractivity contribution in [3.8, 4) is 6.07 Å². The zero-order valence-corrected chi connectivity index (χ0v) is 11.6. The molecule has 0 unspecified atom stereocenters. The van der Waals surface area contributed by atoms with Crippen LogP contribution in [0.25, 0.3) is 0 Å². The van der Waals surface area contributed by atoms with Gasteiger partial charge in [-0.2, -0.15) is 13.7 Å². The minimum Gasteiger partial charge on any atom is -0.270 e. The largest absolute Gasteiger partial charge is 0.270 e. The monoisotopic (exact) mass is 267 g/mol. The van der Waals surface area contributed by atoms with Gasteiger partial charge in [-0.05, 0) is 29.5 Å². The van der Waals surface area contributed by atoms with Gasteiger partial charge in [-0.1, -0.05) is 26.0 Å².